The number of halogens is 2. The van der Waals surface area contributed by atoms with Gasteiger partial charge in [0.2, 0.25) is 11.8 Å². The first-order chi connectivity index (χ1) is 12.5. The van der Waals surface area contributed by atoms with E-state index in [2.05, 4.69) is 12.1 Å². The van der Waals surface area contributed by atoms with Crippen LogP contribution in [0.5, 0.6) is 0 Å². The summed E-state index contributed by atoms with van der Waals surface area (Å²) in [5.41, 5.74) is 1.77. The highest BCUT2D eigenvalue weighted by atomic mass is 35.5. The zero-order chi connectivity index (χ0) is 18.0. The Balaban J connectivity index is 1.51. The average molecular weight is 386 g/mol. The highest BCUT2D eigenvalue weighted by Gasteiger charge is 2.64. The minimum absolute atomic E-state index is 0.0858. The Morgan fingerprint density at radius 2 is 1.50 bits per heavy atom. The summed E-state index contributed by atoms with van der Waals surface area (Å²) in [7, 11) is 0. The number of imide groups is 1. The fourth-order valence-corrected chi connectivity index (χ4v) is 5.98. The van der Waals surface area contributed by atoms with Crippen LogP contribution in [0.15, 0.2) is 48.5 Å². The summed E-state index contributed by atoms with van der Waals surface area (Å²) in [5, 5.41) is 0.852. The van der Waals surface area contributed by atoms with Gasteiger partial charge in [0.15, 0.2) is 0 Å². The number of carbonyl (C=O) groups is 2. The second-order valence-corrected chi connectivity index (χ2v) is 8.48. The Hall–Kier alpha value is -1.84. The van der Waals surface area contributed by atoms with Crippen LogP contribution in [-0.2, 0) is 9.59 Å². The first kappa shape index (κ1) is 16.3. The van der Waals surface area contributed by atoms with E-state index in [0.717, 1.165) is 12.8 Å². The third kappa shape index (κ3) is 2.27. The van der Waals surface area contributed by atoms with Crippen molar-refractivity contribution in [2.24, 2.45) is 23.7 Å². The summed E-state index contributed by atoms with van der Waals surface area (Å²) in [6, 6.07) is 15.2. The number of carbonyl (C=O) groups excluding carboxylic acids is 2. The Labute approximate surface area is 161 Å². The number of amides is 2. The van der Waals surface area contributed by atoms with E-state index in [-0.39, 0.29) is 35.5 Å². The molecule has 132 valence electrons. The predicted octanol–water partition coefficient (Wildman–Crippen LogP) is 4.92. The maximum atomic E-state index is 13.2. The van der Waals surface area contributed by atoms with Crippen molar-refractivity contribution in [3.05, 3.63) is 64.1 Å². The summed E-state index contributed by atoms with van der Waals surface area (Å²) in [6.07, 6.45) is 1.95. The molecule has 0 unspecified atom stereocenters. The maximum absolute atomic E-state index is 13.2. The van der Waals surface area contributed by atoms with E-state index in [1.54, 1.807) is 18.2 Å². The summed E-state index contributed by atoms with van der Waals surface area (Å²) in [5.74, 6) is 0.301. The zero-order valence-electron chi connectivity index (χ0n) is 13.9. The average Bonchev–Trinajstić information content (AvgIpc) is 3.26. The number of fused-ring (bicyclic) bond motifs is 5. The molecule has 2 bridgehead atoms. The molecule has 3 aliphatic rings. The molecule has 1 heterocycles. The van der Waals surface area contributed by atoms with Gasteiger partial charge in [-0.15, -0.1) is 0 Å². The zero-order valence-corrected chi connectivity index (χ0v) is 15.5. The third-order valence-corrected chi connectivity index (χ3v) is 6.79. The second-order valence-electron chi connectivity index (χ2n) is 7.60. The van der Waals surface area contributed by atoms with E-state index in [1.165, 1.54) is 10.5 Å². The fraction of sp³-hybridized carbons (Fsp3) is 0.333. The van der Waals surface area contributed by atoms with Crippen LogP contribution < -0.4 is 4.90 Å². The lowest BCUT2D eigenvalue weighted by Gasteiger charge is -2.28. The Kier molecular flexibility index (Phi) is 3.67. The monoisotopic (exact) mass is 385 g/mol. The molecule has 3 fully saturated rings. The topological polar surface area (TPSA) is 37.4 Å². The molecule has 1 aliphatic heterocycles. The van der Waals surface area contributed by atoms with Crippen LogP contribution in [0.4, 0.5) is 5.69 Å². The highest BCUT2D eigenvalue weighted by molar-refractivity contribution is 6.35. The summed E-state index contributed by atoms with van der Waals surface area (Å²) >= 11 is 12.2. The van der Waals surface area contributed by atoms with Gasteiger partial charge in [-0.3, -0.25) is 9.59 Å². The van der Waals surface area contributed by atoms with E-state index < -0.39 is 0 Å². The minimum Gasteiger partial charge on any atom is -0.274 e. The van der Waals surface area contributed by atoms with E-state index >= 15 is 0 Å². The molecular formula is C21H17Cl2NO2. The van der Waals surface area contributed by atoms with Crippen molar-refractivity contribution < 1.29 is 9.59 Å². The van der Waals surface area contributed by atoms with Crippen LogP contribution in [-0.4, -0.2) is 11.8 Å². The first-order valence-corrected chi connectivity index (χ1v) is 9.69. The van der Waals surface area contributed by atoms with E-state index in [4.69, 9.17) is 23.2 Å². The van der Waals surface area contributed by atoms with Gasteiger partial charge in [0.05, 0.1) is 17.5 Å². The van der Waals surface area contributed by atoms with Gasteiger partial charge < -0.3 is 0 Å². The molecule has 2 saturated carbocycles. The SMILES string of the molecule is O=C1[C@@H]2[C@H]3C[C@H](C[C@H]3c3ccccc3)[C@@H]2C(=O)N1c1cc(Cl)cc(Cl)c1. The van der Waals surface area contributed by atoms with Crippen molar-refractivity contribution in [1.29, 1.82) is 0 Å². The number of rotatable bonds is 2. The number of anilines is 1. The molecule has 2 aromatic carbocycles. The Bertz CT molecular complexity index is 893. The summed E-state index contributed by atoms with van der Waals surface area (Å²) < 4.78 is 0. The maximum Gasteiger partial charge on any atom is 0.237 e. The standard InChI is InChI=1S/C21H17Cl2NO2/c22-13-8-14(23)10-15(9-13)24-20(25)18-12-6-16(11-4-2-1-3-5-11)17(7-12)19(18)21(24)26/h1-5,8-10,12,16-19H,6-7H2/t12-,16-,17-,18-,19+/m0/s1. The van der Waals surface area contributed by atoms with Gasteiger partial charge in [-0.1, -0.05) is 53.5 Å². The largest absolute Gasteiger partial charge is 0.274 e. The Morgan fingerprint density at radius 1 is 0.846 bits per heavy atom. The van der Waals surface area contributed by atoms with Crippen LogP contribution in [0, 0.1) is 23.7 Å². The van der Waals surface area contributed by atoms with Gasteiger partial charge in [-0.05, 0) is 54.4 Å². The van der Waals surface area contributed by atoms with Crippen molar-refractivity contribution in [2.45, 2.75) is 18.8 Å². The van der Waals surface area contributed by atoms with Crippen LogP contribution in [0.3, 0.4) is 0 Å². The molecule has 26 heavy (non-hydrogen) atoms. The second kappa shape index (κ2) is 5.83. The lowest BCUT2D eigenvalue weighted by molar-refractivity contribution is -0.123. The van der Waals surface area contributed by atoms with Gasteiger partial charge in [0, 0.05) is 10.0 Å². The fourth-order valence-electron chi connectivity index (χ4n) is 5.47. The third-order valence-electron chi connectivity index (χ3n) is 6.35. The van der Waals surface area contributed by atoms with Crippen molar-refractivity contribution in [2.75, 3.05) is 4.90 Å². The quantitative estimate of drug-likeness (QED) is 0.687. The molecule has 2 amide bonds. The van der Waals surface area contributed by atoms with Crippen molar-refractivity contribution in [3.8, 4) is 0 Å². The van der Waals surface area contributed by atoms with Gasteiger partial charge in [0.1, 0.15) is 0 Å². The molecule has 3 nitrogen and oxygen atoms in total. The van der Waals surface area contributed by atoms with Gasteiger partial charge >= 0.3 is 0 Å². The van der Waals surface area contributed by atoms with E-state index in [0.29, 0.717) is 21.7 Å². The molecule has 0 N–H and O–H groups in total. The molecule has 0 aromatic heterocycles. The van der Waals surface area contributed by atoms with Gasteiger partial charge in [0.25, 0.3) is 0 Å². The number of nitrogens with zero attached hydrogens (tertiary/aromatic N) is 1. The normalized spacial score (nSPS) is 32.4. The smallest absolute Gasteiger partial charge is 0.237 e. The van der Waals surface area contributed by atoms with Crippen LogP contribution in [0.1, 0.15) is 24.3 Å². The molecule has 5 heteroatoms. The van der Waals surface area contributed by atoms with Crippen molar-refractivity contribution >= 4 is 40.7 Å². The van der Waals surface area contributed by atoms with Crippen LogP contribution in [0.25, 0.3) is 0 Å². The lowest BCUT2D eigenvalue weighted by atomic mass is 9.73. The molecule has 2 aromatic rings. The van der Waals surface area contributed by atoms with Gasteiger partial charge in [-0.25, -0.2) is 4.90 Å². The number of benzene rings is 2. The van der Waals surface area contributed by atoms with E-state index in [9.17, 15) is 9.59 Å². The summed E-state index contributed by atoms with van der Waals surface area (Å²) in [4.78, 5) is 27.6. The number of hydrogen-bond acceptors (Lipinski definition) is 2. The molecule has 0 radical (unpaired) electrons. The highest BCUT2D eigenvalue weighted by Crippen LogP contribution is 2.61. The van der Waals surface area contributed by atoms with Crippen LogP contribution >= 0.6 is 23.2 Å². The molecule has 0 spiro atoms. The molecule has 2 aliphatic carbocycles. The van der Waals surface area contributed by atoms with Crippen molar-refractivity contribution in [3.63, 3.8) is 0 Å². The molecule has 5 rings (SSSR count). The Morgan fingerprint density at radius 3 is 2.19 bits per heavy atom. The van der Waals surface area contributed by atoms with Gasteiger partial charge in [-0.2, -0.15) is 0 Å². The molecule has 5 atom stereocenters. The van der Waals surface area contributed by atoms with Crippen molar-refractivity contribution in [1.82, 2.24) is 0 Å². The lowest BCUT2D eigenvalue weighted by Crippen LogP contribution is -2.33. The minimum atomic E-state index is -0.218. The summed E-state index contributed by atoms with van der Waals surface area (Å²) in [6.45, 7) is 0. The molecular weight excluding hydrogens is 369 g/mol. The first-order valence-electron chi connectivity index (χ1n) is 8.93. The predicted molar refractivity (Wildman–Crippen MR) is 101 cm³/mol. The van der Waals surface area contributed by atoms with Crippen LogP contribution in [0.2, 0.25) is 10.0 Å². The number of hydrogen-bond donors (Lipinski definition) is 0. The molecule has 1 saturated heterocycles. The van der Waals surface area contributed by atoms with E-state index in [1.807, 2.05) is 18.2 Å².